The van der Waals surface area contributed by atoms with E-state index in [1.807, 2.05) is 27.8 Å². The van der Waals surface area contributed by atoms with Crippen LogP contribution in [0.4, 0.5) is 5.69 Å². The summed E-state index contributed by atoms with van der Waals surface area (Å²) in [4.78, 5) is 2.36. The van der Waals surface area contributed by atoms with E-state index in [-0.39, 0.29) is 6.04 Å². The Morgan fingerprint density at radius 2 is 1.93 bits per heavy atom. The largest absolute Gasteiger partial charge is 0.402 e. The van der Waals surface area contributed by atoms with Crippen LogP contribution < -0.4 is 10.6 Å². The Balaban J connectivity index is 1.46. The van der Waals surface area contributed by atoms with Crippen molar-refractivity contribution in [3.63, 3.8) is 0 Å². The van der Waals surface area contributed by atoms with Gasteiger partial charge in [0.05, 0.1) is 46.9 Å². The van der Waals surface area contributed by atoms with Crippen molar-refractivity contribution in [3.8, 4) is 5.69 Å². The molecule has 4 heterocycles. The minimum atomic E-state index is 0.121. The highest BCUT2D eigenvalue weighted by atomic mass is 35.5. The first-order chi connectivity index (χ1) is 14.1. The van der Waals surface area contributed by atoms with Gasteiger partial charge in [0.25, 0.3) is 0 Å². The number of rotatable bonds is 4. The first-order valence-electron chi connectivity index (χ1n) is 10.1. The molecule has 0 amide bonds. The second-order valence-electron chi connectivity index (χ2n) is 8.31. The van der Waals surface area contributed by atoms with Crippen LogP contribution in [-0.4, -0.2) is 37.9 Å². The summed E-state index contributed by atoms with van der Waals surface area (Å²) in [5, 5.41) is 18.7. The van der Waals surface area contributed by atoms with Gasteiger partial charge in [0.1, 0.15) is 5.69 Å². The first kappa shape index (κ1) is 17.1. The fourth-order valence-corrected chi connectivity index (χ4v) is 5.21. The van der Waals surface area contributed by atoms with Crippen molar-refractivity contribution in [2.75, 3.05) is 4.90 Å². The number of anilines is 1. The number of hydrogen-bond acceptors (Lipinski definition) is 5. The quantitative estimate of drug-likeness (QED) is 0.643. The van der Waals surface area contributed by atoms with Gasteiger partial charge in [-0.2, -0.15) is 10.2 Å². The summed E-state index contributed by atoms with van der Waals surface area (Å²) in [5.74, 6) is 0. The summed E-state index contributed by atoms with van der Waals surface area (Å²) >= 11 is 6.73. The molecule has 1 saturated carbocycles. The maximum Gasteiger partial charge on any atom is 0.103 e. The van der Waals surface area contributed by atoms with Crippen LogP contribution in [0.5, 0.6) is 0 Å². The molecule has 2 atom stereocenters. The van der Waals surface area contributed by atoms with Gasteiger partial charge in [-0.3, -0.25) is 4.68 Å². The van der Waals surface area contributed by atoms with Crippen molar-refractivity contribution in [3.05, 3.63) is 47.0 Å². The van der Waals surface area contributed by atoms with E-state index in [0.29, 0.717) is 17.1 Å². The lowest BCUT2D eigenvalue weighted by atomic mass is 9.98. The molecule has 3 N–H and O–H groups in total. The van der Waals surface area contributed by atoms with Gasteiger partial charge in [0.15, 0.2) is 0 Å². The van der Waals surface area contributed by atoms with Gasteiger partial charge >= 0.3 is 0 Å². The van der Waals surface area contributed by atoms with E-state index in [4.69, 9.17) is 22.7 Å². The zero-order chi connectivity index (χ0) is 19.7. The maximum absolute atomic E-state index is 7.83. The molecule has 3 aliphatic rings. The second kappa shape index (κ2) is 6.10. The van der Waals surface area contributed by atoms with Crippen molar-refractivity contribution in [2.45, 2.75) is 50.2 Å². The predicted molar refractivity (Wildman–Crippen MR) is 114 cm³/mol. The van der Waals surface area contributed by atoms with Crippen LogP contribution in [0.15, 0.2) is 42.0 Å². The van der Waals surface area contributed by atoms with Gasteiger partial charge in [0, 0.05) is 35.3 Å². The molecule has 1 saturated heterocycles. The van der Waals surface area contributed by atoms with Crippen LogP contribution in [0.1, 0.15) is 38.1 Å². The summed E-state index contributed by atoms with van der Waals surface area (Å²) in [7, 11) is 0. The van der Waals surface area contributed by atoms with Gasteiger partial charge in [-0.05, 0) is 37.8 Å². The Hall–Kier alpha value is -2.80. The summed E-state index contributed by atoms with van der Waals surface area (Å²) in [6, 6.07) is 5.11. The highest BCUT2D eigenvalue weighted by Gasteiger charge is 2.41. The van der Waals surface area contributed by atoms with Gasteiger partial charge in [0.2, 0.25) is 0 Å². The van der Waals surface area contributed by atoms with Gasteiger partial charge in [-0.15, -0.1) is 0 Å². The van der Waals surface area contributed by atoms with Crippen molar-refractivity contribution >= 4 is 34.4 Å². The molecular weight excluding hydrogens is 386 g/mol. The third-order valence-corrected chi connectivity index (χ3v) is 6.81. The lowest BCUT2D eigenvalue weighted by Crippen LogP contribution is -2.43. The minimum absolute atomic E-state index is 0.121. The lowest BCUT2D eigenvalue weighted by Gasteiger charge is -2.38. The topological polar surface area (TPSA) is 88.8 Å². The molecule has 1 aliphatic carbocycles. The van der Waals surface area contributed by atoms with Crippen LogP contribution >= 0.6 is 11.6 Å². The van der Waals surface area contributed by atoms with E-state index < -0.39 is 0 Å². The van der Waals surface area contributed by atoms with Gasteiger partial charge in [-0.1, -0.05) is 11.6 Å². The molecule has 2 aliphatic heterocycles. The third kappa shape index (κ3) is 2.53. The average Bonchev–Trinajstić information content (AvgIpc) is 3.16. The Labute approximate surface area is 173 Å². The second-order valence-corrected chi connectivity index (χ2v) is 8.72. The Morgan fingerprint density at radius 1 is 1.10 bits per heavy atom. The minimum Gasteiger partial charge on any atom is -0.402 e. The van der Waals surface area contributed by atoms with Gasteiger partial charge in [-0.25, -0.2) is 4.68 Å². The fourth-order valence-electron chi connectivity index (χ4n) is 4.94. The van der Waals surface area contributed by atoms with Crippen LogP contribution in [0.3, 0.4) is 0 Å². The fraction of sp³-hybridized carbons (Fsp3) is 0.381. The normalized spacial score (nSPS) is 24.0. The van der Waals surface area contributed by atoms with E-state index in [1.54, 1.807) is 0 Å². The van der Waals surface area contributed by atoms with Crippen molar-refractivity contribution in [1.29, 1.82) is 5.41 Å². The summed E-state index contributed by atoms with van der Waals surface area (Å²) in [5.41, 5.74) is 11.0. The van der Waals surface area contributed by atoms with E-state index in [1.165, 1.54) is 19.1 Å². The number of nitrogens with two attached hydrogens (primary N) is 1. The summed E-state index contributed by atoms with van der Waals surface area (Å²) in [6.45, 7) is 0. The average molecular weight is 408 g/mol. The SMILES string of the molecule is N=CC1=C(N)CC2CCC1N2c1cc2c(cnn2-c2cnn(C3CC3)c2)cc1Cl. The van der Waals surface area contributed by atoms with E-state index >= 15 is 0 Å². The van der Waals surface area contributed by atoms with Crippen LogP contribution in [-0.2, 0) is 0 Å². The van der Waals surface area contributed by atoms with Crippen LogP contribution in [0, 0.1) is 5.41 Å². The van der Waals surface area contributed by atoms with E-state index in [2.05, 4.69) is 27.4 Å². The number of halogens is 1. The predicted octanol–water partition coefficient (Wildman–Crippen LogP) is 3.81. The number of hydrogen-bond donors (Lipinski definition) is 2. The third-order valence-electron chi connectivity index (χ3n) is 6.51. The number of aromatic nitrogens is 4. The molecule has 2 aromatic heterocycles. The molecule has 1 aromatic carbocycles. The Bertz CT molecular complexity index is 1170. The summed E-state index contributed by atoms with van der Waals surface area (Å²) in [6.07, 6.45) is 12.4. The number of nitrogens with one attached hydrogen (secondary N) is 1. The number of benzene rings is 1. The number of fused-ring (bicyclic) bond motifs is 3. The molecule has 6 rings (SSSR count). The molecule has 8 heteroatoms. The number of nitrogens with zero attached hydrogens (tertiary/aromatic N) is 5. The highest BCUT2D eigenvalue weighted by Crippen LogP contribution is 2.44. The maximum atomic E-state index is 7.83. The van der Waals surface area contributed by atoms with E-state index in [0.717, 1.165) is 52.8 Å². The van der Waals surface area contributed by atoms with Crippen molar-refractivity contribution in [1.82, 2.24) is 19.6 Å². The molecule has 0 radical (unpaired) electrons. The lowest BCUT2D eigenvalue weighted by molar-refractivity contribution is 0.616. The van der Waals surface area contributed by atoms with Gasteiger partial charge < -0.3 is 16.0 Å². The van der Waals surface area contributed by atoms with E-state index in [9.17, 15) is 0 Å². The van der Waals surface area contributed by atoms with Crippen molar-refractivity contribution in [2.24, 2.45) is 5.73 Å². The first-order valence-corrected chi connectivity index (χ1v) is 10.5. The zero-order valence-electron chi connectivity index (χ0n) is 15.9. The molecule has 3 aromatic rings. The zero-order valence-corrected chi connectivity index (χ0v) is 16.7. The Kier molecular flexibility index (Phi) is 3.59. The molecule has 29 heavy (non-hydrogen) atoms. The van der Waals surface area contributed by atoms with Crippen LogP contribution in [0.2, 0.25) is 5.02 Å². The molecule has 2 unspecified atom stereocenters. The molecule has 2 bridgehead atoms. The standard InChI is InChI=1S/C21H22ClN7/c22-17-5-12-9-26-29(15-10-25-27(11-15)13-1-2-13)20(12)7-21(17)28-14-3-4-19(28)16(8-23)18(24)6-14/h5,7-11,13-14,19,23H,1-4,6,24H2. The van der Waals surface area contributed by atoms with Crippen LogP contribution in [0.25, 0.3) is 16.6 Å². The molecule has 0 spiro atoms. The molecule has 2 fully saturated rings. The molecular formula is C21H22ClN7. The smallest absolute Gasteiger partial charge is 0.103 e. The van der Waals surface area contributed by atoms with Crippen molar-refractivity contribution < 1.29 is 0 Å². The Morgan fingerprint density at radius 3 is 2.72 bits per heavy atom. The molecule has 7 nitrogen and oxygen atoms in total. The monoisotopic (exact) mass is 407 g/mol. The molecule has 148 valence electrons. The highest BCUT2D eigenvalue weighted by molar-refractivity contribution is 6.34. The summed E-state index contributed by atoms with van der Waals surface area (Å²) < 4.78 is 3.98.